The molecule has 0 aromatic carbocycles. The molecule has 3 fully saturated rings. The van der Waals surface area contributed by atoms with E-state index in [0.29, 0.717) is 27.8 Å². The Bertz CT molecular complexity index is 2470. The Balaban J connectivity index is 0.000000238. The van der Waals surface area contributed by atoms with E-state index in [0.717, 1.165) is 0 Å². The van der Waals surface area contributed by atoms with Gasteiger partial charge in [-0.15, -0.1) is 13.2 Å². The molecule has 0 aliphatic carbocycles. The lowest BCUT2D eigenvalue weighted by Gasteiger charge is -2.52. The fourth-order valence-electron chi connectivity index (χ4n) is 10.9. The van der Waals surface area contributed by atoms with Gasteiger partial charge in [0.05, 0.1) is 25.9 Å². The van der Waals surface area contributed by atoms with Gasteiger partial charge in [-0.2, -0.15) is 31.0 Å². The number of hydrogen-bond acceptors (Lipinski definition) is 17. The van der Waals surface area contributed by atoms with E-state index in [4.69, 9.17) is 68.2 Å². The largest absolute Gasteiger partial charge is 0.414 e. The molecule has 7 rings (SSSR count). The number of fused-ring (bicyclic) bond motifs is 3. The van der Waals surface area contributed by atoms with Gasteiger partial charge in [0.25, 0.3) is 0 Å². The summed E-state index contributed by atoms with van der Waals surface area (Å²) in [6.45, 7) is 38.1. The molecular formula is C47H79Cl3N10O9Si3. The standard InChI is InChI=1S/C25H42ClN5O5Si2.C13H16ClN5O4.C9H21ClSi/c1-10-11-25(32)20-18(34-23(25)31-13-28-19-21(26)29-24(27)30-22(19)31)12-33-37(14(2)3,15(4)5)36-38(35-20,16(6)7)17(8)9;1-2-3-13(22)8(21)6(4-20)23-11(13)19-5-16-7-9(14)17-12(15)18-10(7)19;1-7(2)11(10,8(3)4)9(5)6/h10,13-18,20,23,32H,1,11-12H2,2-9H3,(H2,27,29,30);2,5-6,8,11,20-22H,1,3-4H2,(H2,15,17,18);7-9H,1-6H3/t18?,20?,23?,25-;6?,8?,11?,13-;/m11./s1. The Hall–Kier alpha value is -2.66. The minimum absolute atomic E-state index is 0.00389. The number of aromatic nitrogens is 8. The van der Waals surface area contributed by atoms with Crippen LogP contribution in [0.5, 0.6) is 0 Å². The Morgan fingerprint density at radius 3 is 1.51 bits per heavy atom. The van der Waals surface area contributed by atoms with E-state index in [1.54, 1.807) is 10.6 Å². The second kappa shape index (κ2) is 23.3. The van der Waals surface area contributed by atoms with Gasteiger partial charge in [-0.05, 0) is 38.8 Å². The van der Waals surface area contributed by atoms with Crippen molar-refractivity contribution in [2.45, 2.75) is 197 Å². The molecule has 404 valence electrons. The van der Waals surface area contributed by atoms with Crippen LogP contribution in [-0.2, 0) is 22.4 Å². The van der Waals surface area contributed by atoms with Crippen LogP contribution in [-0.4, -0.2) is 133 Å². The summed E-state index contributed by atoms with van der Waals surface area (Å²) in [6.07, 6.45) is 0.716. The van der Waals surface area contributed by atoms with Crippen molar-refractivity contribution < 1.29 is 42.9 Å². The zero-order valence-corrected chi connectivity index (χ0v) is 49.5. The van der Waals surface area contributed by atoms with Gasteiger partial charge >= 0.3 is 17.1 Å². The number of halogens is 3. The summed E-state index contributed by atoms with van der Waals surface area (Å²) in [4.78, 5) is 24.7. The third-order valence-corrected chi connectivity index (χ3v) is 34.5. The van der Waals surface area contributed by atoms with E-state index < -0.39 is 79.2 Å². The van der Waals surface area contributed by atoms with Crippen molar-refractivity contribution in [1.82, 2.24) is 39.0 Å². The quantitative estimate of drug-likeness (QED) is 0.0297. The van der Waals surface area contributed by atoms with Crippen molar-refractivity contribution in [3.8, 4) is 0 Å². The lowest BCUT2D eigenvalue weighted by atomic mass is 9.90. The van der Waals surface area contributed by atoms with Gasteiger partial charge in [-0.1, -0.05) is 132 Å². The van der Waals surface area contributed by atoms with E-state index in [-0.39, 0.29) is 75.0 Å². The predicted molar refractivity (Wildman–Crippen MR) is 291 cm³/mol. The third-order valence-electron chi connectivity index (χ3n) is 14.6. The molecule has 3 saturated heterocycles. The molecule has 72 heavy (non-hydrogen) atoms. The zero-order chi connectivity index (χ0) is 54.2. The van der Waals surface area contributed by atoms with Gasteiger partial charge in [0, 0.05) is 12.8 Å². The molecular weight excluding hydrogens is 1040 g/mol. The van der Waals surface area contributed by atoms with Crippen LogP contribution in [0.1, 0.15) is 122 Å². The number of nitrogen functional groups attached to an aromatic ring is 2. The van der Waals surface area contributed by atoms with Crippen LogP contribution in [0.2, 0.25) is 49.1 Å². The van der Waals surface area contributed by atoms with Gasteiger partial charge in [0.2, 0.25) is 11.9 Å². The molecule has 25 heteroatoms. The second-order valence-corrected chi connectivity index (χ2v) is 38.0. The first kappa shape index (κ1) is 60.2. The number of nitrogens with two attached hydrogens (primary N) is 2. The molecule has 0 spiro atoms. The number of hydrogen-bond donors (Lipinski definition) is 6. The van der Waals surface area contributed by atoms with Crippen molar-refractivity contribution >= 4 is 93.0 Å². The number of aliphatic hydroxyl groups excluding tert-OH is 2. The van der Waals surface area contributed by atoms with Crippen LogP contribution >= 0.6 is 34.3 Å². The van der Waals surface area contributed by atoms with Gasteiger partial charge in [-0.3, -0.25) is 9.13 Å². The molecule has 8 atom stereocenters. The molecule has 0 saturated carbocycles. The highest BCUT2D eigenvalue weighted by atomic mass is 35.6. The highest BCUT2D eigenvalue weighted by molar-refractivity contribution is 7.22. The summed E-state index contributed by atoms with van der Waals surface area (Å²) in [6, 6.07) is 0. The Kier molecular flexibility index (Phi) is 19.5. The molecule has 6 unspecified atom stereocenters. The smallest absolute Gasteiger partial charge is 0.335 e. The number of rotatable bonds is 14. The monoisotopic (exact) mass is 1120 g/mol. The van der Waals surface area contributed by atoms with Crippen LogP contribution in [0.4, 0.5) is 11.9 Å². The summed E-state index contributed by atoms with van der Waals surface area (Å²) in [5.41, 5.74) is 12.2. The lowest BCUT2D eigenvalue weighted by Crippen LogP contribution is -2.67. The molecule has 4 aromatic heterocycles. The van der Waals surface area contributed by atoms with Crippen LogP contribution < -0.4 is 11.5 Å². The van der Waals surface area contributed by atoms with Gasteiger partial charge < -0.3 is 54.3 Å². The molecule has 3 aliphatic rings. The van der Waals surface area contributed by atoms with Crippen molar-refractivity contribution in [3.63, 3.8) is 0 Å². The third kappa shape index (κ3) is 11.0. The Morgan fingerprint density at radius 2 is 1.14 bits per heavy atom. The molecule has 0 radical (unpaired) electrons. The average molecular weight is 1120 g/mol. The molecule has 7 heterocycles. The maximum absolute atomic E-state index is 12.4. The summed E-state index contributed by atoms with van der Waals surface area (Å²) in [5.74, 6) is -0.0574. The van der Waals surface area contributed by atoms with E-state index >= 15 is 0 Å². The Labute approximate surface area is 442 Å². The number of ether oxygens (including phenoxy) is 2. The first-order chi connectivity index (χ1) is 33.5. The maximum Gasteiger partial charge on any atom is 0.335 e. The van der Waals surface area contributed by atoms with E-state index in [1.807, 2.05) is 0 Å². The van der Waals surface area contributed by atoms with E-state index in [2.05, 4.69) is 140 Å². The van der Waals surface area contributed by atoms with E-state index in [1.165, 1.54) is 23.3 Å². The lowest BCUT2D eigenvalue weighted by molar-refractivity contribution is -0.105. The fraction of sp³-hybridized carbons (Fsp3) is 0.702. The molecule has 3 aliphatic heterocycles. The molecule has 19 nitrogen and oxygen atoms in total. The molecule has 0 amide bonds. The molecule has 0 bridgehead atoms. The van der Waals surface area contributed by atoms with Crippen molar-refractivity contribution in [3.05, 3.63) is 48.3 Å². The number of nitrogens with zero attached hydrogens (tertiary/aromatic N) is 8. The van der Waals surface area contributed by atoms with Crippen molar-refractivity contribution in [2.24, 2.45) is 0 Å². The minimum atomic E-state index is -3.00. The topological polar surface area (TPSA) is 266 Å². The van der Waals surface area contributed by atoms with Gasteiger partial charge in [-0.25, -0.2) is 9.97 Å². The second-order valence-electron chi connectivity index (χ2n) is 21.3. The number of imidazole rings is 2. The summed E-state index contributed by atoms with van der Waals surface area (Å²) >= 11 is 19.0. The highest BCUT2D eigenvalue weighted by Crippen LogP contribution is 2.52. The number of aliphatic hydroxyl groups is 4. The Morgan fingerprint density at radius 1 is 0.722 bits per heavy atom. The van der Waals surface area contributed by atoms with Crippen molar-refractivity contribution in [1.29, 1.82) is 0 Å². The summed E-state index contributed by atoms with van der Waals surface area (Å²) in [5, 5.41) is 43.1. The fourth-order valence-corrected chi connectivity index (χ4v) is 26.6. The SMILES string of the molecule is C=CC[C@@]1(O)C(O)C(CO)OC1n1cnc2c(Cl)nc(N)nc21.C=CC[C@@]1(O)C2O[Si](C(C)C)(C(C)C)O[Si](C(C)C)(C(C)C)OCC2OC1n1cnc2c(Cl)nc(N)nc21.CC(C)[Si](Cl)(C(C)C)C(C)C. The van der Waals surface area contributed by atoms with Gasteiger partial charge in [0.15, 0.2) is 41.4 Å². The van der Waals surface area contributed by atoms with Crippen LogP contribution in [0.15, 0.2) is 38.0 Å². The minimum Gasteiger partial charge on any atom is -0.414 e. The van der Waals surface area contributed by atoms with Gasteiger partial charge in [0.1, 0.15) is 46.7 Å². The molecule has 8 N–H and O–H groups in total. The summed E-state index contributed by atoms with van der Waals surface area (Å²) in [7, 11) is -7.28. The first-order valence-corrected chi connectivity index (χ1v) is 32.7. The van der Waals surface area contributed by atoms with Crippen LogP contribution in [0.25, 0.3) is 22.3 Å². The number of anilines is 2. The van der Waals surface area contributed by atoms with Crippen LogP contribution in [0.3, 0.4) is 0 Å². The van der Waals surface area contributed by atoms with E-state index in [9.17, 15) is 20.4 Å². The van der Waals surface area contributed by atoms with Crippen LogP contribution in [0, 0.1) is 0 Å². The molecule has 4 aromatic rings. The highest BCUT2D eigenvalue weighted by Gasteiger charge is 2.66. The van der Waals surface area contributed by atoms with Crippen molar-refractivity contribution in [2.75, 3.05) is 24.7 Å². The predicted octanol–water partition coefficient (Wildman–Crippen LogP) is 9.24. The maximum atomic E-state index is 12.4. The first-order valence-electron chi connectivity index (χ1n) is 24.8. The normalized spacial score (nSPS) is 27.4. The summed E-state index contributed by atoms with van der Waals surface area (Å²) < 4.78 is 36.6. The average Bonchev–Trinajstić information content (AvgIpc) is 4.02. The zero-order valence-electron chi connectivity index (χ0n) is 44.3.